The lowest BCUT2D eigenvalue weighted by molar-refractivity contribution is -0.114. The van der Waals surface area contributed by atoms with Crippen LogP contribution in [0.2, 0.25) is 0 Å². The zero-order valence-corrected chi connectivity index (χ0v) is 14.2. The molecule has 0 unspecified atom stereocenters. The molecule has 0 aliphatic rings. The summed E-state index contributed by atoms with van der Waals surface area (Å²) >= 11 is 0. The number of carbonyl (C=O) groups is 2. The number of aromatic carboxylic acids is 1. The van der Waals surface area contributed by atoms with E-state index in [0.29, 0.717) is 17.1 Å². The predicted octanol–water partition coefficient (Wildman–Crippen LogP) is 3.53. The molecule has 0 bridgehead atoms. The molecular weight excluding hydrogens is 322 g/mol. The number of carbonyl (C=O) groups excluding carboxylic acids is 1. The molecule has 2 aromatic rings. The van der Waals surface area contributed by atoms with Gasteiger partial charge in [0, 0.05) is 6.92 Å². The Labute approximate surface area is 145 Å². The Hall–Kier alpha value is -3.28. The molecule has 0 heterocycles. The van der Waals surface area contributed by atoms with Crippen LogP contribution < -0.4 is 14.8 Å². The van der Waals surface area contributed by atoms with Crippen LogP contribution in [0, 0.1) is 0 Å². The highest BCUT2D eigenvalue weighted by Gasteiger charge is 2.12. The van der Waals surface area contributed by atoms with Gasteiger partial charge >= 0.3 is 5.97 Å². The van der Waals surface area contributed by atoms with Gasteiger partial charge in [0.15, 0.2) is 0 Å². The molecule has 0 saturated heterocycles. The monoisotopic (exact) mass is 341 g/mol. The second kappa shape index (κ2) is 8.01. The van der Waals surface area contributed by atoms with Gasteiger partial charge < -0.3 is 19.9 Å². The summed E-state index contributed by atoms with van der Waals surface area (Å²) in [6.07, 6.45) is 3.54. The van der Waals surface area contributed by atoms with Gasteiger partial charge in [0.25, 0.3) is 0 Å². The van der Waals surface area contributed by atoms with Crippen LogP contribution in [0.1, 0.15) is 28.4 Å². The van der Waals surface area contributed by atoms with E-state index in [1.165, 1.54) is 13.0 Å². The number of nitrogens with one attached hydrogen (secondary N) is 1. The minimum absolute atomic E-state index is 0.0179. The van der Waals surface area contributed by atoms with Gasteiger partial charge in [-0.15, -0.1) is 0 Å². The normalized spacial score (nSPS) is 10.5. The lowest BCUT2D eigenvalue weighted by Crippen LogP contribution is -2.10. The summed E-state index contributed by atoms with van der Waals surface area (Å²) in [4.78, 5) is 22.6. The zero-order chi connectivity index (χ0) is 18.4. The van der Waals surface area contributed by atoms with E-state index in [4.69, 9.17) is 9.47 Å². The molecule has 0 saturated carbocycles. The van der Waals surface area contributed by atoms with E-state index in [-0.39, 0.29) is 17.2 Å². The molecule has 2 rings (SSSR count). The van der Waals surface area contributed by atoms with Crippen molar-refractivity contribution in [2.45, 2.75) is 6.92 Å². The lowest BCUT2D eigenvalue weighted by Gasteiger charge is -2.10. The number of hydrogen-bond acceptors (Lipinski definition) is 4. The third-order valence-electron chi connectivity index (χ3n) is 3.49. The fraction of sp³-hybridized carbons (Fsp3) is 0.158. The van der Waals surface area contributed by atoms with Gasteiger partial charge in [-0.25, -0.2) is 4.79 Å². The second-order valence-electron chi connectivity index (χ2n) is 5.20. The molecule has 1 amide bonds. The second-order valence-corrected chi connectivity index (χ2v) is 5.20. The van der Waals surface area contributed by atoms with Crippen molar-refractivity contribution in [1.29, 1.82) is 0 Å². The number of anilines is 1. The Bertz CT molecular complexity index is 804. The summed E-state index contributed by atoms with van der Waals surface area (Å²) in [5, 5.41) is 11.8. The van der Waals surface area contributed by atoms with Crippen molar-refractivity contribution in [2.24, 2.45) is 0 Å². The van der Waals surface area contributed by atoms with E-state index < -0.39 is 5.97 Å². The molecule has 6 heteroatoms. The summed E-state index contributed by atoms with van der Waals surface area (Å²) in [5.74, 6) is -0.161. The van der Waals surface area contributed by atoms with E-state index >= 15 is 0 Å². The molecule has 0 aliphatic carbocycles. The minimum atomic E-state index is -1.12. The number of hydrogen-bond donors (Lipinski definition) is 2. The van der Waals surface area contributed by atoms with Crippen molar-refractivity contribution < 1.29 is 24.2 Å². The van der Waals surface area contributed by atoms with Gasteiger partial charge in [-0.05, 0) is 35.9 Å². The van der Waals surface area contributed by atoms with Gasteiger partial charge in [0.1, 0.15) is 11.5 Å². The Morgan fingerprint density at radius 1 is 1.04 bits per heavy atom. The summed E-state index contributed by atoms with van der Waals surface area (Å²) in [6, 6.07) is 10.2. The third kappa shape index (κ3) is 4.38. The summed E-state index contributed by atoms with van der Waals surface area (Å²) in [6.45, 7) is 1.33. The molecule has 130 valence electrons. The Morgan fingerprint density at radius 3 is 2.20 bits per heavy atom. The first kappa shape index (κ1) is 18.1. The zero-order valence-electron chi connectivity index (χ0n) is 14.2. The molecule has 2 aromatic carbocycles. The van der Waals surface area contributed by atoms with Crippen LogP contribution in [0.25, 0.3) is 12.2 Å². The largest absolute Gasteiger partial charge is 0.496 e. The first-order valence-electron chi connectivity index (χ1n) is 7.50. The van der Waals surface area contributed by atoms with Crippen LogP contribution in [0.15, 0.2) is 36.4 Å². The molecule has 25 heavy (non-hydrogen) atoms. The maximum absolute atomic E-state index is 11.4. The van der Waals surface area contributed by atoms with Gasteiger partial charge in [-0.2, -0.15) is 0 Å². The molecule has 0 aliphatic heterocycles. The third-order valence-corrected chi connectivity index (χ3v) is 3.49. The Kier molecular flexibility index (Phi) is 5.79. The molecule has 0 radical (unpaired) electrons. The van der Waals surface area contributed by atoms with Gasteiger partial charge in [-0.1, -0.05) is 18.2 Å². The predicted molar refractivity (Wildman–Crippen MR) is 96.2 cm³/mol. The highest BCUT2D eigenvalue weighted by atomic mass is 16.5. The number of ether oxygens (including phenoxy) is 2. The minimum Gasteiger partial charge on any atom is -0.496 e. The van der Waals surface area contributed by atoms with Crippen molar-refractivity contribution in [2.75, 3.05) is 19.5 Å². The summed E-state index contributed by atoms with van der Waals surface area (Å²) in [7, 11) is 3.13. The number of carboxylic acid groups (broad SMARTS) is 1. The van der Waals surface area contributed by atoms with E-state index in [9.17, 15) is 14.7 Å². The SMILES string of the molecule is COc1cccc(OC)c1/C=C/c1ccc(NC(C)=O)c(C(=O)O)c1. The quantitative estimate of drug-likeness (QED) is 0.785. The standard InChI is InChI=1S/C19H19NO5/c1-12(21)20-16-10-8-13(11-15(16)19(22)23)7-9-14-17(24-2)5-4-6-18(14)25-3/h4-11H,1-3H3,(H,20,21)(H,22,23)/b9-7+. The van der Waals surface area contributed by atoms with Crippen LogP contribution in [0.4, 0.5) is 5.69 Å². The highest BCUT2D eigenvalue weighted by Crippen LogP contribution is 2.30. The van der Waals surface area contributed by atoms with Crippen molar-refractivity contribution in [3.05, 3.63) is 53.1 Å². The Morgan fingerprint density at radius 2 is 1.68 bits per heavy atom. The first-order valence-corrected chi connectivity index (χ1v) is 7.50. The highest BCUT2D eigenvalue weighted by molar-refractivity contribution is 6.00. The molecule has 0 atom stereocenters. The van der Waals surface area contributed by atoms with Crippen LogP contribution in [0.5, 0.6) is 11.5 Å². The maximum Gasteiger partial charge on any atom is 0.337 e. The van der Waals surface area contributed by atoms with E-state index in [1.807, 2.05) is 18.2 Å². The smallest absolute Gasteiger partial charge is 0.337 e. The van der Waals surface area contributed by atoms with Crippen molar-refractivity contribution in [1.82, 2.24) is 0 Å². The fourth-order valence-electron chi connectivity index (χ4n) is 2.36. The average molecular weight is 341 g/mol. The maximum atomic E-state index is 11.4. The molecule has 0 aromatic heterocycles. The van der Waals surface area contributed by atoms with Crippen LogP contribution in [0.3, 0.4) is 0 Å². The van der Waals surface area contributed by atoms with Crippen LogP contribution in [-0.2, 0) is 4.79 Å². The molecular formula is C19H19NO5. The molecule has 2 N–H and O–H groups in total. The van der Waals surface area contributed by atoms with Crippen molar-refractivity contribution >= 4 is 29.7 Å². The number of methoxy groups -OCH3 is 2. The molecule has 0 spiro atoms. The average Bonchev–Trinajstić information content (AvgIpc) is 2.59. The van der Waals surface area contributed by atoms with Gasteiger partial charge in [0.2, 0.25) is 5.91 Å². The number of amides is 1. The Balaban J connectivity index is 2.41. The molecule has 0 fully saturated rings. The van der Waals surface area contributed by atoms with Gasteiger partial charge in [-0.3, -0.25) is 4.79 Å². The van der Waals surface area contributed by atoms with E-state index in [2.05, 4.69) is 5.32 Å². The van der Waals surface area contributed by atoms with Crippen LogP contribution in [-0.4, -0.2) is 31.2 Å². The van der Waals surface area contributed by atoms with Crippen molar-refractivity contribution in [3.8, 4) is 11.5 Å². The first-order chi connectivity index (χ1) is 12.0. The summed E-state index contributed by atoms with van der Waals surface area (Å²) < 4.78 is 10.7. The number of carboxylic acids is 1. The molecule has 6 nitrogen and oxygen atoms in total. The van der Waals surface area contributed by atoms with Gasteiger partial charge in [0.05, 0.1) is 31.0 Å². The van der Waals surface area contributed by atoms with Crippen LogP contribution >= 0.6 is 0 Å². The fourth-order valence-corrected chi connectivity index (χ4v) is 2.36. The number of benzene rings is 2. The van der Waals surface area contributed by atoms with E-state index in [0.717, 1.165) is 5.56 Å². The number of rotatable bonds is 6. The summed E-state index contributed by atoms with van der Waals surface area (Å²) in [5.41, 5.74) is 1.69. The van der Waals surface area contributed by atoms with E-state index in [1.54, 1.807) is 38.5 Å². The topological polar surface area (TPSA) is 84.9 Å². The lowest BCUT2D eigenvalue weighted by atomic mass is 10.1. The van der Waals surface area contributed by atoms with Crippen molar-refractivity contribution in [3.63, 3.8) is 0 Å².